The van der Waals surface area contributed by atoms with Crippen molar-refractivity contribution in [3.05, 3.63) is 28.7 Å². The van der Waals surface area contributed by atoms with Gasteiger partial charge in [0, 0.05) is 15.1 Å². The van der Waals surface area contributed by atoms with Gasteiger partial charge in [0.1, 0.15) is 6.04 Å². The largest absolute Gasteiger partial charge is 0.315 e. The minimum Gasteiger partial charge on any atom is -0.315 e. The Morgan fingerprint density at radius 3 is 3.00 bits per heavy atom. The molecule has 0 aliphatic rings. The van der Waals surface area contributed by atoms with Gasteiger partial charge in [-0.25, -0.2) is 0 Å². The fraction of sp³-hybridized carbons (Fsp3) is 0.222. The average Bonchev–Trinajstić information content (AvgIpc) is 2.14. The van der Waals surface area contributed by atoms with Crippen LogP contribution >= 0.6 is 27.7 Å². The summed E-state index contributed by atoms with van der Waals surface area (Å²) in [6, 6.07) is 9.55. The molecule has 0 spiro atoms. The van der Waals surface area contributed by atoms with Crippen molar-refractivity contribution in [2.45, 2.75) is 10.9 Å². The number of nitrogens with two attached hydrogens (primary N) is 1. The van der Waals surface area contributed by atoms with Gasteiger partial charge in [0.15, 0.2) is 0 Å². The summed E-state index contributed by atoms with van der Waals surface area (Å²) in [5.74, 6) is 0.632. The van der Waals surface area contributed by atoms with Crippen molar-refractivity contribution in [1.29, 1.82) is 5.26 Å². The number of hydrogen-bond acceptors (Lipinski definition) is 3. The Hall–Kier alpha value is -0.500. The first-order valence-electron chi connectivity index (χ1n) is 3.76. The summed E-state index contributed by atoms with van der Waals surface area (Å²) < 4.78 is 1.04. The lowest BCUT2D eigenvalue weighted by molar-refractivity contribution is 0.953. The van der Waals surface area contributed by atoms with Gasteiger partial charge in [0.25, 0.3) is 0 Å². The van der Waals surface area contributed by atoms with Crippen LogP contribution in [0.3, 0.4) is 0 Å². The summed E-state index contributed by atoms with van der Waals surface area (Å²) >= 11 is 4.97. The van der Waals surface area contributed by atoms with Gasteiger partial charge < -0.3 is 5.73 Å². The predicted molar refractivity (Wildman–Crippen MR) is 58.5 cm³/mol. The second kappa shape index (κ2) is 5.28. The molecule has 1 aromatic carbocycles. The summed E-state index contributed by atoms with van der Waals surface area (Å²) in [4.78, 5) is 1.13. The number of thioether (sulfide) groups is 1. The van der Waals surface area contributed by atoms with Crippen molar-refractivity contribution >= 4 is 27.7 Å². The molecule has 0 bridgehead atoms. The van der Waals surface area contributed by atoms with Crippen LogP contribution in [0.2, 0.25) is 0 Å². The molecule has 0 amide bonds. The van der Waals surface area contributed by atoms with E-state index in [9.17, 15) is 0 Å². The van der Waals surface area contributed by atoms with E-state index in [1.54, 1.807) is 11.8 Å². The molecule has 0 aliphatic heterocycles. The molecule has 0 fully saturated rings. The maximum Gasteiger partial charge on any atom is 0.102 e. The molecule has 0 saturated carbocycles. The molecule has 4 heteroatoms. The van der Waals surface area contributed by atoms with Crippen LogP contribution in [-0.2, 0) is 0 Å². The highest BCUT2D eigenvalue weighted by molar-refractivity contribution is 9.10. The first-order valence-corrected chi connectivity index (χ1v) is 5.54. The van der Waals surface area contributed by atoms with Crippen LogP contribution < -0.4 is 5.73 Å². The number of hydrogen-bond donors (Lipinski definition) is 1. The number of rotatable bonds is 3. The fourth-order valence-electron chi connectivity index (χ4n) is 0.780. The SMILES string of the molecule is N#CC(N)CSc1cccc(Br)c1. The van der Waals surface area contributed by atoms with Crippen LogP contribution in [0.15, 0.2) is 33.6 Å². The maximum atomic E-state index is 8.47. The van der Waals surface area contributed by atoms with Gasteiger partial charge in [-0.15, -0.1) is 11.8 Å². The van der Waals surface area contributed by atoms with Crippen molar-refractivity contribution < 1.29 is 0 Å². The van der Waals surface area contributed by atoms with Gasteiger partial charge >= 0.3 is 0 Å². The second-order valence-electron chi connectivity index (χ2n) is 2.50. The topological polar surface area (TPSA) is 49.8 Å². The summed E-state index contributed by atoms with van der Waals surface area (Å²) in [5, 5.41) is 8.47. The van der Waals surface area contributed by atoms with E-state index in [0.29, 0.717) is 5.75 Å². The predicted octanol–water partition coefficient (Wildman–Crippen LogP) is 2.39. The highest BCUT2D eigenvalue weighted by Crippen LogP contribution is 2.21. The van der Waals surface area contributed by atoms with E-state index < -0.39 is 0 Å². The molecule has 0 aromatic heterocycles. The van der Waals surface area contributed by atoms with Crippen molar-refractivity contribution in [3.63, 3.8) is 0 Å². The molecule has 13 heavy (non-hydrogen) atoms. The summed E-state index contributed by atoms with van der Waals surface area (Å²) in [7, 11) is 0. The second-order valence-corrected chi connectivity index (χ2v) is 4.51. The lowest BCUT2D eigenvalue weighted by atomic mass is 10.4. The van der Waals surface area contributed by atoms with Gasteiger partial charge in [-0.2, -0.15) is 5.26 Å². The van der Waals surface area contributed by atoms with Crippen LogP contribution in [0.4, 0.5) is 0 Å². The third-order valence-electron chi connectivity index (χ3n) is 1.39. The lowest BCUT2D eigenvalue weighted by Gasteiger charge is -2.02. The quantitative estimate of drug-likeness (QED) is 0.846. The highest BCUT2D eigenvalue weighted by atomic mass is 79.9. The van der Waals surface area contributed by atoms with Crippen LogP contribution in [0.25, 0.3) is 0 Å². The first-order chi connectivity index (χ1) is 6.22. The molecule has 2 nitrogen and oxygen atoms in total. The molecule has 0 heterocycles. The van der Waals surface area contributed by atoms with Gasteiger partial charge in [0.2, 0.25) is 0 Å². The minimum absolute atomic E-state index is 0.385. The molecule has 0 radical (unpaired) electrons. The minimum atomic E-state index is -0.385. The molecule has 1 unspecified atom stereocenters. The molecule has 1 aromatic rings. The zero-order chi connectivity index (χ0) is 9.68. The Morgan fingerprint density at radius 1 is 1.62 bits per heavy atom. The van der Waals surface area contributed by atoms with Crippen molar-refractivity contribution in [1.82, 2.24) is 0 Å². The smallest absolute Gasteiger partial charge is 0.102 e. The van der Waals surface area contributed by atoms with Crippen LogP contribution in [0.1, 0.15) is 0 Å². The van der Waals surface area contributed by atoms with Crippen LogP contribution in [0, 0.1) is 11.3 Å². The van der Waals surface area contributed by atoms with E-state index in [4.69, 9.17) is 11.0 Å². The van der Waals surface area contributed by atoms with Crippen molar-refractivity contribution in [2.24, 2.45) is 5.73 Å². The third-order valence-corrected chi connectivity index (χ3v) is 3.00. The molecule has 1 rings (SSSR count). The average molecular weight is 257 g/mol. The lowest BCUT2D eigenvalue weighted by Crippen LogP contribution is -2.19. The van der Waals surface area contributed by atoms with Gasteiger partial charge in [-0.3, -0.25) is 0 Å². The molecular weight excluding hydrogens is 248 g/mol. The van der Waals surface area contributed by atoms with Gasteiger partial charge in [0.05, 0.1) is 6.07 Å². The molecule has 2 N–H and O–H groups in total. The third kappa shape index (κ3) is 3.81. The zero-order valence-corrected chi connectivity index (χ0v) is 9.31. The van der Waals surface area contributed by atoms with Crippen LogP contribution in [-0.4, -0.2) is 11.8 Å². The summed E-state index contributed by atoms with van der Waals surface area (Å²) in [6.45, 7) is 0. The Kier molecular flexibility index (Phi) is 4.29. The Bertz CT molecular complexity index is 322. The zero-order valence-electron chi connectivity index (χ0n) is 6.90. The standard InChI is InChI=1S/C9H9BrN2S/c10-7-2-1-3-9(4-7)13-6-8(12)5-11/h1-4,8H,6,12H2. The first kappa shape index (κ1) is 10.6. The fourth-order valence-corrected chi connectivity index (χ4v) is 2.16. The van der Waals surface area contributed by atoms with E-state index in [2.05, 4.69) is 15.9 Å². The van der Waals surface area contributed by atoms with Gasteiger partial charge in [-0.1, -0.05) is 22.0 Å². The molecule has 0 saturated heterocycles. The highest BCUT2D eigenvalue weighted by Gasteiger charge is 2.01. The summed E-state index contributed by atoms with van der Waals surface area (Å²) in [5.41, 5.74) is 5.47. The number of halogens is 1. The van der Waals surface area contributed by atoms with Gasteiger partial charge in [-0.05, 0) is 18.2 Å². The monoisotopic (exact) mass is 256 g/mol. The number of nitriles is 1. The Morgan fingerprint density at radius 2 is 2.38 bits per heavy atom. The number of benzene rings is 1. The van der Waals surface area contributed by atoms with E-state index in [1.807, 2.05) is 30.3 Å². The molecular formula is C9H9BrN2S. The molecule has 1 atom stereocenters. The van der Waals surface area contributed by atoms with Crippen LogP contribution in [0.5, 0.6) is 0 Å². The normalized spacial score (nSPS) is 12.1. The van der Waals surface area contributed by atoms with E-state index in [1.165, 1.54) is 0 Å². The number of nitrogens with zero attached hydrogens (tertiary/aromatic N) is 1. The molecule has 0 aliphatic carbocycles. The molecule has 68 valence electrons. The Balaban J connectivity index is 2.51. The summed E-state index contributed by atoms with van der Waals surface area (Å²) in [6.07, 6.45) is 0. The van der Waals surface area contributed by atoms with Crippen molar-refractivity contribution in [3.8, 4) is 6.07 Å². The van der Waals surface area contributed by atoms with E-state index in [-0.39, 0.29) is 6.04 Å². The maximum absolute atomic E-state index is 8.47. The van der Waals surface area contributed by atoms with E-state index >= 15 is 0 Å². The van der Waals surface area contributed by atoms with Crippen molar-refractivity contribution in [2.75, 3.05) is 5.75 Å². The van der Waals surface area contributed by atoms with E-state index in [0.717, 1.165) is 9.37 Å². The Labute approximate surface area is 90.2 Å².